The monoisotopic (exact) mass is 782 g/mol. The van der Waals surface area contributed by atoms with Crippen molar-refractivity contribution in [2.75, 3.05) is 7.11 Å². The zero-order valence-corrected chi connectivity index (χ0v) is 36.3. The van der Waals surface area contributed by atoms with Crippen LogP contribution in [0.5, 0.6) is 5.75 Å². The molecule has 56 heavy (non-hydrogen) atoms. The van der Waals surface area contributed by atoms with Crippen molar-refractivity contribution in [3.8, 4) is 5.75 Å². The molecule has 0 radical (unpaired) electrons. The fourth-order valence-corrected chi connectivity index (χ4v) is 13.7. The number of ketones is 1. The van der Waals surface area contributed by atoms with Crippen LogP contribution in [-0.2, 0) is 43.1 Å². The normalized spacial score (nSPS) is 21.2. The largest absolute Gasteiger partial charge is 0.497 e. The molecule has 1 aliphatic rings. The molecule has 306 valence electrons. The third-order valence-electron chi connectivity index (χ3n) is 12.1. The third-order valence-corrected chi connectivity index (χ3v) is 16.7. The first kappa shape index (κ1) is 45.3. The first-order valence-corrected chi connectivity index (χ1v) is 23.9. The van der Waals surface area contributed by atoms with E-state index in [4.69, 9.17) is 18.6 Å². The van der Waals surface area contributed by atoms with Gasteiger partial charge in [0.05, 0.1) is 32.5 Å². The first-order valence-electron chi connectivity index (χ1n) is 21.4. The number of benzene rings is 3. The van der Waals surface area contributed by atoms with Crippen LogP contribution in [0, 0.1) is 17.3 Å². The van der Waals surface area contributed by atoms with Crippen molar-refractivity contribution < 1.29 is 28.2 Å². The molecule has 3 aromatic carbocycles. The van der Waals surface area contributed by atoms with Crippen molar-refractivity contribution in [3.05, 3.63) is 114 Å². The number of rotatable bonds is 24. The number of unbranched alkanes of at least 4 members (excludes halogenated alkanes) is 3. The van der Waals surface area contributed by atoms with Crippen molar-refractivity contribution in [2.45, 2.75) is 148 Å². The Morgan fingerprint density at radius 2 is 1.32 bits per heavy atom. The molecule has 1 aliphatic carbocycles. The van der Waals surface area contributed by atoms with Crippen LogP contribution in [0.1, 0.15) is 109 Å². The number of Topliss-reactive ketones (excluding diaryl/α,β-unsaturated/α-hetero) is 1. The fourth-order valence-electron chi connectivity index (χ4n) is 8.60. The lowest BCUT2D eigenvalue weighted by molar-refractivity contribution is -0.169. The smallest absolute Gasteiger partial charge is 0.193 e. The van der Waals surface area contributed by atoms with Crippen molar-refractivity contribution in [2.24, 2.45) is 17.3 Å². The van der Waals surface area contributed by atoms with Crippen molar-refractivity contribution in [3.63, 3.8) is 0 Å². The average Bonchev–Trinajstić information content (AvgIpc) is 3.22. The number of carbonyl (C=O) groups excluding carboxylic acids is 2. The quantitative estimate of drug-likeness (QED) is 0.0512. The fraction of sp³-hybridized carbons (Fsp3) is 0.551. The molecule has 0 N–H and O–H groups in total. The van der Waals surface area contributed by atoms with Crippen molar-refractivity contribution in [1.29, 1.82) is 0 Å². The predicted molar refractivity (Wildman–Crippen MR) is 231 cm³/mol. The van der Waals surface area contributed by atoms with Gasteiger partial charge in [-0.15, -0.1) is 0 Å². The minimum absolute atomic E-state index is 0.0249. The topological polar surface area (TPSA) is 71.1 Å². The molecule has 0 saturated heterocycles. The van der Waals surface area contributed by atoms with Crippen LogP contribution in [0.4, 0.5) is 0 Å². The van der Waals surface area contributed by atoms with Gasteiger partial charge < -0.3 is 23.4 Å². The van der Waals surface area contributed by atoms with Crippen LogP contribution in [0.3, 0.4) is 0 Å². The average molecular weight is 783 g/mol. The van der Waals surface area contributed by atoms with Gasteiger partial charge in [0.15, 0.2) is 14.1 Å². The molecular formula is C49H70O6Si. The molecule has 1 saturated carbocycles. The number of ether oxygens (including phenoxy) is 3. The lowest BCUT2D eigenvalue weighted by Gasteiger charge is -2.53. The molecule has 3 aromatic rings. The van der Waals surface area contributed by atoms with Gasteiger partial charge in [-0.25, -0.2) is 0 Å². The second-order valence-corrected chi connectivity index (χ2v) is 20.7. The van der Waals surface area contributed by atoms with Crippen LogP contribution in [-0.4, -0.2) is 45.8 Å². The predicted octanol–water partition coefficient (Wildman–Crippen LogP) is 11.9. The number of methoxy groups -OCH3 is 1. The van der Waals surface area contributed by atoms with Crippen LogP contribution < -0.4 is 4.74 Å². The van der Waals surface area contributed by atoms with Gasteiger partial charge in [0.2, 0.25) is 0 Å². The summed E-state index contributed by atoms with van der Waals surface area (Å²) >= 11 is 0. The van der Waals surface area contributed by atoms with Gasteiger partial charge in [-0.3, -0.25) is 4.79 Å². The van der Waals surface area contributed by atoms with E-state index in [1.165, 1.54) is 0 Å². The summed E-state index contributed by atoms with van der Waals surface area (Å²) in [5.74, 6) is 0.410. The van der Waals surface area contributed by atoms with E-state index < -0.39 is 25.9 Å². The van der Waals surface area contributed by atoms with Gasteiger partial charge in [0, 0.05) is 18.8 Å². The van der Waals surface area contributed by atoms with Crippen LogP contribution in [0.25, 0.3) is 0 Å². The number of aldehydes is 1. The van der Waals surface area contributed by atoms with Gasteiger partial charge >= 0.3 is 0 Å². The van der Waals surface area contributed by atoms with E-state index >= 15 is 4.79 Å². The van der Waals surface area contributed by atoms with E-state index in [9.17, 15) is 4.79 Å². The van der Waals surface area contributed by atoms with Crippen LogP contribution in [0.15, 0.2) is 97.1 Å². The highest BCUT2D eigenvalue weighted by atomic mass is 28.4. The summed E-state index contributed by atoms with van der Waals surface area (Å²) in [7, 11) is -0.692. The Morgan fingerprint density at radius 1 is 0.786 bits per heavy atom. The molecule has 0 aromatic heterocycles. The van der Waals surface area contributed by atoms with Gasteiger partial charge in [-0.1, -0.05) is 158 Å². The Balaban J connectivity index is 1.95. The van der Waals surface area contributed by atoms with Crippen molar-refractivity contribution in [1.82, 2.24) is 0 Å². The van der Waals surface area contributed by atoms with Crippen LogP contribution in [0.2, 0.25) is 18.1 Å². The van der Waals surface area contributed by atoms with Gasteiger partial charge in [0.25, 0.3) is 0 Å². The lowest BCUT2D eigenvalue weighted by Crippen LogP contribution is -2.60. The maximum atomic E-state index is 15.2. The summed E-state index contributed by atoms with van der Waals surface area (Å²) in [6.45, 7) is 16.7. The minimum Gasteiger partial charge on any atom is -0.497 e. The van der Waals surface area contributed by atoms with E-state index in [0.29, 0.717) is 32.5 Å². The molecule has 0 unspecified atom stereocenters. The van der Waals surface area contributed by atoms with E-state index in [-0.39, 0.29) is 30.1 Å². The highest BCUT2D eigenvalue weighted by Gasteiger charge is 2.55. The molecule has 7 heteroatoms. The van der Waals surface area contributed by atoms with Crippen LogP contribution >= 0.6 is 0 Å². The molecule has 0 aliphatic heterocycles. The van der Waals surface area contributed by atoms with E-state index in [0.717, 1.165) is 91.0 Å². The summed E-state index contributed by atoms with van der Waals surface area (Å²) in [6, 6.07) is 32.0. The molecule has 1 fully saturated rings. The summed E-state index contributed by atoms with van der Waals surface area (Å²) in [5.41, 5.74) is 3.54. The highest BCUT2D eigenvalue weighted by molar-refractivity contribution is 6.73. The summed E-state index contributed by atoms with van der Waals surface area (Å²) < 4.78 is 27.6. The Hall–Kier alpha value is -3.36. The minimum atomic E-state index is -2.38. The molecule has 0 amide bonds. The Bertz CT molecular complexity index is 1570. The second-order valence-electron chi connectivity index (χ2n) is 16.6. The van der Waals surface area contributed by atoms with Gasteiger partial charge in [-0.05, 0) is 71.1 Å². The molecule has 0 heterocycles. The van der Waals surface area contributed by atoms with E-state index in [2.05, 4.69) is 77.6 Å². The molecular weight excluding hydrogens is 713 g/mol. The SMILES string of the molecule is C=C(CCC=O)[C@@H]1CC(=O)[C@H](OCc2ccccc2)[C@H](O[Si](CCCC)(CCCC)CCCC)C(C)(C)[C@@H](Cc2ccc(OC)cc2)[C@H]1OCc1ccccc1. The maximum absolute atomic E-state index is 15.2. The number of hydrogen-bond acceptors (Lipinski definition) is 6. The zero-order valence-electron chi connectivity index (χ0n) is 35.3. The molecule has 6 nitrogen and oxygen atoms in total. The van der Waals surface area contributed by atoms with E-state index in [1.807, 2.05) is 48.5 Å². The van der Waals surface area contributed by atoms with Gasteiger partial charge in [-0.2, -0.15) is 0 Å². The molecule has 4 rings (SSSR count). The number of carbonyl (C=O) groups is 2. The standard InChI is InChI=1S/C49H70O6Si/c1-8-11-31-56(32-12-9-2,33-13-10-3)55-48-47(54-37-41-24-18-15-19-25-41)45(51)35-43(38(4)21-20-30-50)46(53-36-40-22-16-14-17-23-40)44(49(48,5)6)34-39-26-28-42(52-7)29-27-39/h14-19,22-30,43-44,46-48H,4,8-13,20-21,31-37H2,1-3,5-7H3/t43-,44-,46-,47-,48-/m0/s1. The Labute approximate surface area is 339 Å². The van der Waals surface area contributed by atoms with Gasteiger partial charge in [0.1, 0.15) is 18.1 Å². The highest BCUT2D eigenvalue weighted by Crippen LogP contribution is 2.49. The number of hydrogen-bond donors (Lipinski definition) is 0. The summed E-state index contributed by atoms with van der Waals surface area (Å²) in [6.07, 6.45) is 7.72. The maximum Gasteiger partial charge on any atom is 0.193 e. The summed E-state index contributed by atoms with van der Waals surface area (Å²) in [5, 5.41) is 0. The molecule has 0 spiro atoms. The Morgan fingerprint density at radius 3 is 1.82 bits per heavy atom. The first-order chi connectivity index (χ1) is 27.1. The van der Waals surface area contributed by atoms with E-state index in [1.54, 1.807) is 7.11 Å². The lowest BCUT2D eigenvalue weighted by atomic mass is 9.61. The molecule has 0 bridgehead atoms. The summed E-state index contributed by atoms with van der Waals surface area (Å²) in [4.78, 5) is 26.9. The molecule has 5 atom stereocenters. The van der Waals surface area contributed by atoms with Crippen molar-refractivity contribution >= 4 is 20.4 Å². The Kier molecular flexibility index (Phi) is 18.7. The third kappa shape index (κ3) is 12.8. The zero-order chi connectivity index (χ0) is 40.4. The second kappa shape index (κ2) is 23.1.